The van der Waals surface area contributed by atoms with Crippen LogP contribution in [0.4, 0.5) is 9.18 Å². The number of ether oxygens (including phenoxy) is 1. The monoisotopic (exact) mass is 241 g/mol. The fraction of sp³-hybridized carbons (Fsp3) is 0.636. The van der Waals surface area contributed by atoms with Gasteiger partial charge in [-0.25, -0.2) is 9.18 Å². The number of nitrogens with one attached hydrogen (secondary N) is 1. The number of aryl methyl sites for hydroxylation is 2. The number of hydrogen-bond acceptors (Lipinski definition) is 3. The summed E-state index contributed by atoms with van der Waals surface area (Å²) in [4.78, 5) is 11.4. The topological polar surface area (TPSA) is 56.2 Å². The van der Waals surface area contributed by atoms with Gasteiger partial charge < -0.3 is 10.1 Å². The summed E-state index contributed by atoms with van der Waals surface area (Å²) in [6.45, 7) is -0.853. The van der Waals surface area contributed by atoms with E-state index in [4.69, 9.17) is 0 Å². The average molecular weight is 241 g/mol. The van der Waals surface area contributed by atoms with E-state index in [-0.39, 0.29) is 12.6 Å². The molecule has 1 aromatic rings. The van der Waals surface area contributed by atoms with E-state index >= 15 is 0 Å². The van der Waals surface area contributed by atoms with Gasteiger partial charge in [0, 0.05) is 18.8 Å². The molecule has 94 valence electrons. The van der Waals surface area contributed by atoms with Crippen LogP contribution < -0.4 is 5.32 Å². The van der Waals surface area contributed by atoms with Crippen molar-refractivity contribution in [1.82, 2.24) is 15.1 Å². The molecule has 6 heteroatoms. The standard InChI is InChI=1S/C11H16FN3O2/c1-15-7-8-9(3-2-4-10(8)14-15)13-11(16)17-6-5-12/h7,9H,2-6H2,1H3,(H,13,16). The van der Waals surface area contributed by atoms with Crippen molar-refractivity contribution in [2.45, 2.75) is 25.3 Å². The minimum atomic E-state index is -0.657. The van der Waals surface area contributed by atoms with E-state index in [2.05, 4.69) is 15.2 Å². The molecule has 1 aromatic heterocycles. The molecule has 0 bridgehead atoms. The number of rotatable bonds is 3. The third kappa shape index (κ3) is 2.75. The first-order valence-corrected chi connectivity index (χ1v) is 5.72. The lowest BCUT2D eigenvalue weighted by Gasteiger charge is -2.22. The zero-order chi connectivity index (χ0) is 12.3. The first kappa shape index (κ1) is 11.9. The highest BCUT2D eigenvalue weighted by atomic mass is 19.1. The molecule has 1 amide bonds. The van der Waals surface area contributed by atoms with E-state index in [1.807, 2.05) is 13.2 Å². The lowest BCUT2D eigenvalue weighted by molar-refractivity contribution is 0.133. The van der Waals surface area contributed by atoms with Gasteiger partial charge in [0.2, 0.25) is 0 Å². The quantitative estimate of drug-likeness (QED) is 0.872. The molecule has 0 saturated carbocycles. The summed E-state index contributed by atoms with van der Waals surface area (Å²) in [7, 11) is 1.86. The van der Waals surface area contributed by atoms with Crippen molar-refractivity contribution in [3.8, 4) is 0 Å². The maximum Gasteiger partial charge on any atom is 0.407 e. The zero-order valence-electron chi connectivity index (χ0n) is 9.78. The number of aromatic nitrogens is 2. The highest BCUT2D eigenvalue weighted by Crippen LogP contribution is 2.28. The summed E-state index contributed by atoms with van der Waals surface area (Å²) in [5.41, 5.74) is 2.06. The van der Waals surface area contributed by atoms with Gasteiger partial charge in [0.25, 0.3) is 0 Å². The van der Waals surface area contributed by atoms with Gasteiger partial charge in [0.15, 0.2) is 0 Å². The number of carbonyl (C=O) groups is 1. The van der Waals surface area contributed by atoms with Gasteiger partial charge in [0.1, 0.15) is 13.3 Å². The number of alkyl halides is 1. The van der Waals surface area contributed by atoms with Crippen LogP contribution in [0, 0.1) is 0 Å². The van der Waals surface area contributed by atoms with Crippen molar-refractivity contribution >= 4 is 6.09 Å². The van der Waals surface area contributed by atoms with E-state index in [0.29, 0.717) is 0 Å². The maximum absolute atomic E-state index is 11.9. The number of alkyl carbamates (subject to hydrolysis) is 1. The SMILES string of the molecule is Cn1cc2c(n1)CCCC2NC(=O)OCCF. The molecule has 1 heterocycles. The highest BCUT2D eigenvalue weighted by molar-refractivity contribution is 5.68. The van der Waals surface area contributed by atoms with Crippen molar-refractivity contribution in [1.29, 1.82) is 0 Å². The summed E-state index contributed by atoms with van der Waals surface area (Å²) >= 11 is 0. The van der Waals surface area contributed by atoms with Crippen LogP contribution in [-0.4, -0.2) is 29.2 Å². The van der Waals surface area contributed by atoms with E-state index in [1.165, 1.54) is 0 Å². The van der Waals surface area contributed by atoms with Gasteiger partial charge in [-0.15, -0.1) is 0 Å². The van der Waals surface area contributed by atoms with Crippen LogP contribution in [0.3, 0.4) is 0 Å². The van der Waals surface area contributed by atoms with Gasteiger partial charge in [-0.3, -0.25) is 4.68 Å². The van der Waals surface area contributed by atoms with E-state index in [1.54, 1.807) is 4.68 Å². The third-order valence-electron chi connectivity index (χ3n) is 2.82. The molecule has 2 rings (SSSR count). The van der Waals surface area contributed by atoms with Crippen LogP contribution in [-0.2, 0) is 18.2 Å². The van der Waals surface area contributed by atoms with Crippen molar-refractivity contribution in [2.24, 2.45) is 7.05 Å². The summed E-state index contributed by atoms with van der Waals surface area (Å²) in [5, 5.41) is 7.08. The van der Waals surface area contributed by atoms with Crippen molar-refractivity contribution in [3.05, 3.63) is 17.5 Å². The van der Waals surface area contributed by atoms with Crippen molar-refractivity contribution < 1.29 is 13.9 Å². The highest BCUT2D eigenvalue weighted by Gasteiger charge is 2.24. The Kier molecular flexibility index (Phi) is 3.61. The molecular formula is C11H16FN3O2. The average Bonchev–Trinajstić information content (AvgIpc) is 2.68. The summed E-state index contributed by atoms with van der Waals surface area (Å²) in [6.07, 6.45) is 4.13. The molecule has 0 radical (unpaired) electrons. The first-order valence-electron chi connectivity index (χ1n) is 5.72. The van der Waals surface area contributed by atoms with E-state index in [9.17, 15) is 9.18 Å². The van der Waals surface area contributed by atoms with Gasteiger partial charge in [-0.1, -0.05) is 0 Å². The van der Waals surface area contributed by atoms with Crippen LogP contribution in [0.2, 0.25) is 0 Å². The number of amides is 1. The molecule has 0 aliphatic heterocycles. The minimum Gasteiger partial charge on any atom is -0.447 e. The molecule has 1 aliphatic rings. The van der Waals surface area contributed by atoms with Gasteiger partial charge >= 0.3 is 6.09 Å². The number of fused-ring (bicyclic) bond motifs is 1. The first-order chi connectivity index (χ1) is 8.20. The Morgan fingerprint density at radius 1 is 1.76 bits per heavy atom. The van der Waals surface area contributed by atoms with Gasteiger partial charge in [-0.2, -0.15) is 5.10 Å². The van der Waals surface area contributed by atoms with Crippen LogP contribution in [0.5, 0.6) is 0 Å². The van der Waals surface area contributed by atoms with Crippen LogP contribution in [0.1, 0.15) is 30.1 Å². The smallest absolute Gasteiger partial charge is 0.407 e. The second-order valence-corrected chi connectivity index (χ2v) is 4.12. The normalized spacial score (nSPS) is 18.6. The Hall–Kier alpha value is -1.59. The fourth-order valence-electron chi connectivity index (χ4n) is 2.13. The molecule has 1 N–H and O–H groups in total. The molecule has 0 fully saturated rings. The van der Waals surface area contributed by atoms with E-state index < -0.39 is 12.8 Å². The van der Waals surface area contributed by atoms with Crippen molar-refractivity contribution in [2.75, 3.05) is 13.3 Å². The summed E-state index contributed by atoms with van der Waals surface area (Å²) in [6, 6.07) is -0.0699. The Morgan fingerprint density at radius 3 is 3.35 bits per heavy atom. The molecule has 0 aromatic carbocycles. The third-order valence-corrected chi connectivity index (χ3v) is 2.82. The number of hydrogen-bond donors (Lipinski definition) is 1. The molecule has 0 spiro atoms. The molecular weight excluding hydrogens is 225 g/mol. The Balaban J connectivity index is 2.00. The lowest BCUT2D eigenvalue weighted by Crippen LogP contribution is -2.31. The predicted molar refractivity (Wildman–Crippen MR) is 59.3 cm³/mol. The minimum absolute atomic E-state index is 0.0699. The Labute approximate surface area is 98.9 Å². The zero-order valence-corrected chi connectivity index (χ0v) is 9.78. The molecule has 1 aliphatic carbocycles. The number of carbonyl (C=O) groups excluding carboxylic acids is 1. The van der Waals surface area contributed by atoms with Gasteiger partial charge in [-0.05, 0) is 19.3 Å². The molecule has 1 atom stereocenters. The number of halogens is 1. The Bertz CT molecular complexity index is 405. The van der Waals surface area contributed by atoms with Crippen LogP contribution in [0.15, 0.2) is 6.20 Å². The van der Waals surface area contributed by atoms with Gasteiger partial charge in [0.05, 0.1) is 11.7 Å². The fourth-order valence-corrected chi connectivity index (χ4v) is 2.13. The maximum atomic E-state index is 11.9. The number of nitrogens with zero attached hydrogens (tertiary/aromatic N) is 2. The molecule has 0 saturated heterocycles. The summed E-state index contributed by atoms with van der Waals surface area (Å²) < 4.78 is 18.3. The molecule has 5 nitrogen and oxygen atoms in total. The second kappa shape index (κ2) is 5.16. The lowest BCUT2D eigenvalue weighted by atomic mass is 9.93. The predicted octanol–water partition coefficient (Wildman–Crippen LogP) is 1.49. The largest absolute Gasteiger partial charge is 0.447 e. The van der Waals surface area contributed by atoms with E-state index in [0.717, 1.165) is 30.5 Å². The summed E-state index contributed by atoms with van der Waals surface area (Å²) in [5.74, 6) is 0. The van der Waals surface area contributed by atoms with Crippen LogP contribution >= 0.6 is 0 Å². The van der Waals surface area contributed by atoms with Crippen molar-refractivity contribution in [3.63, 3.8) is 0 Å². The molecule has 1 unspecified atom stereocenters. The second-order valence-electron chi connectivity index (χ2n) is 4.12. The molecule has 17 heavy (non-hydrogen) atoms. The Morgan fingerprint density at radius 2 is 2.59 bits per heavy atom. The van der Waals surface area contributed by atoms with Crippen LogP contribution in [0.25, 0.3) is 0 Å².